The molecule has 5 aromatic rings. The van der Waals surface area contributed by atoms with Crippen molar-refractivity contribution in [1.82, 2.24) is 14.9 Å². The van der Waals surface area contributed by atoms with Crippen molar-refractivity contribution in [3.63, 3.8) is 0 Å². The van der Waals surface area contributed by atoms with Crippen LogP contribution in [-0.2, 0) is 0 Å². The van der Waals surface area contributed by atoms with Gasteiger partial charge in [-0.15, -0.1) is 0 Å². The highest BCUT2D eigenvalue weighted by molar-refractivity contribution is 7.08. The number of amides is 1. The van der Waals surface area contributed by atoms with Crippen LogP contribution in [0.3, 0.4) is 0 Å². The molecule has 0 atom stereocenters. The molecule has 0 N–H and O–H groups in total. The van der Waals surface area contributed by atoms with Gasteiger partial charge in [0, 0.05) is 48.1 Å². The number of para-hydroxylation sites is 1. The molecule has 0 unspecified atom stereocenters. The number of carbonyl (C=O) groups excluding carboxylic acids is 1. The van der Waals surface area contributed by atoms with Gasteiger partial charge in [0.1, 0.15) is 5.82 Å². The largest absolute Gasteiger partial charge is 0.352 e. The van der Waals surface area contributed by atoms with Crippen LogP contribution < -0.4 is 4.90 Å². The number of piperazine rings is 1. The molecule has 1 aliphatic heterocycles. The zero-order valence-corrected chi connectivity index (χ0v) is 18.8. The van der Waals surface area contributed by atoms with Gasteiger partial charge in [0.05, 0.1) is 5.52 Å². The summed E-state index contributed by atoms with van der Waals surface area (Å²) in [5.41, 5.74) is 2.73. The molecule has 5 nitrogen and oxygen atoms in total. The van der Waals surface area contributed by atoms with E-state index in [2.05, 4.69) is 34.5 Å². The van der Waals surface area contributed by atoms with Crippen molar-refractivity contribution in [3.8, 4) is 11.4 Å². The van der Waals surface area contributed by atoms with Crippen molar-refractivity contribution in [2.24, 2.45) is 0 Å². The van der Waals surface area contributed by atoms with E-state index in [1.807, 2.05) is 58.8 Å². The van der Waals surface area contributed by atoms with E-state index in [-0.39, 0.29) is 5.91 Å². The second-order valence-electron chi connectivity index (χ2n) is 8.24. The zero-order valence-electron chi connectivity index (χ0n) is 18.0. The summed E-state index contributed by atoms with van der Waals surface area (Å²) in [6, 6.07) is 24.3. The van der Waals surface area contributed by atoms with E-state index in [9.17, 15) is 4.79 Å². The number of aromatic nitrogens is 2. The van der Waals surface area contributed by atoms with E-state index < -0.39 is 0 Å². The molecular formula is C27H22N4OS. The zero-order chi connectivity index (χ0) is 22.2. The van der Waals surface area contributed by atoms with Gasteiger partial charge in [0.2, 0.25) is 0 Å². The summed E-state index contributed by atoms with van der Waals surface area (Å²) in [4.78, 5) is 27.2. The van der Waals surface area contributed by atoms with Crippen molar-refractivity contribution in [3.05, 3.63) is 89.1 Å². The molecule has 0 bridgehead atoms. The fourth-order valence-corrected chi connectivity index (χ4v) is 5.08. The van der Waals surface area contributed by atoms with Crippen molar-refractivity contribution >= 4 is 44.7 Å². The third-order valence-electron chi connectivity index (χ3n) is 6.23. The van der Waals surface area contributed by atoms with E-state index in [4.69, 9.17) is 9.97 Å². The van der Waals surface area contributed by atoms with Crippen molar-refractivity contribution in [2.45, 2.75) is 0 Å². The Kier molecular flexibility index (Phi) is 5.00. The topological polar surface area (TPSA) is 49.3 Å². The summed E-state index contributed by atoms with van der Waals surface area (Å²) in [6.07, 6.45) is 0. The molecular weight excluding hydrogens is 428 g/mol. The Morgan fingerprint density at radius 2 is 1.61 bits per heavy atom. The fraction of sp³-hybridized carbons (Fsp3) is 0.148. The minimum atomic E-state index is 0.0897. The SMILES string of the molecule is O=C(c1ccc2ccccc2c1)N1CCN(c2nc(-c3ccsc3)nc3ccccc23)CC1. The molecule has 162 valence electrons. The fourth-order valence-electron chi connectivity index (χ4n) is 4.45. The third-order valence-corrected chi connectivity index (χ3v) is 6.91. The van der Waals surface area contributed by atoms with Crippen LogP contribution >= 0.6 is 11.3 Å². The van der Waals surface area contributed by atoms with Gasteiger partial charge in [-0.3, -0.25) is 4.79 Å². The molecule has 33 heavy (non-hydrogen) atoms. The van der Waals surface area contributed by atoms with Crippen LogP contribution in [0.5, 0.6) is 0 Å². The average Bonchev–Trinajstić information content (AvgIpc) is 3.43. The van der Waals surface area contributed by atoms with E-state index in [1.54, 1.807) is 11.3 Å². The van der Waals surface area contributed by atoms with E-state index >= 15 is 0 Å². The van der Waals surface area contributed by atoms with Crippen LogP contribution in [0.25, 0.3) is 33.1 Å². The Bertz CT molecular complexity index is 1460. The lowest BCUT2D eigenvalue weighted by Gasteiger charge is -2.36. The molecule has 1 saturated heterocycles. The van der Waals surface area contributed by atoms with E-state index in [1.165, 1.54) is 0 Å². The van der Waals surface area contributed by atoms with Gasteiger partial charge in [-0.1, -0.05) is 42.5 Å². The maximum absolute atomic E-state index is 13.2. The molecule has 0 radical (unpaired) electrons. The number of rotatable bonds is 3. The number of thiophene rings is 1. The van der Waals surface area contributed by atoms with Crippen LogP contribution in [-0.4, -0.2) is 47.0 Å². The number of benzene rings is 3. The van der Waals surface area contributed by atoms with Crippen molar-refractivity contribution in [2.75, 3.05) is 31.1 Å². The van der Waals surface area contributed by atoms with Crippen LogP contribution in [0.2, 0.25) is 0 Å². The lowest BCUT2D eigenvalue weighted by molar-refractivity contribution is 0.0747. The lowest BCUT2D eigenvalue weighted by Crippen LogP contribution is -2.49. The molecule has 0 spiro atoms. The third kappa shape index (κ3) is 3.72. The normalized spacial score (nSPS) is 14.2. The van der Waals surface area contributed by atoms with Crippen LogP contribution in [0.15, 0.2) is 83.6 Å². The summed E-state index contributed by atoms with van der Waals surface area (Å²) in [6.45, 7) is 2.81. The molecule has 1 amide bonds. The number of hydrogen-bond donors (Lipinski definition) is 0. The summed E-state index contributed by atoms with van der Waals surface area (Å²) in [5.74, 6) is 1.78. The lowest BCUT2D eigenvalue weighted by atomic mass is 10.1. The van der Waals surface area contributed by atoms with Gasteiger partial charge in [0.15, 0.2) is 5.82 Å². The standard InChI is InChI=1S/C27H22N4OS/c32-27(21-10-9-19-5-1-2-6-20(19)17-21)31-14-12-30(13-15-31)26-23-7-3-4-8-24(23)28-25(29-26)22-11-16-33-18-22/h1-11,16-18H,12-15H2. The maximum Gasteiger partial charge on any atom is 0.253 e. The first-order valence-corrected chi connectivity index (χ1v) is 12.0. The van der Waals surface area contributed by atoms with E-state index in [0.717, 1.165) is 57.5 Å². The van der Waals surface area contributed by atoms with E-state index in [0.29, 0.717) is 13.1 Å². The second kappa shape index (κ2) is 8.30. The predicted octanol–water partition coefficient (Wildman–Crippen LogP) is 5.47. The number of hydrogen-bond acceptors (Lipinski definition) is 5. The smallest absolute Gasteiger partial charge is 0.253 e. The Hall–Kier alpha value is -3.77. The molecule has 1 aliphatic rings. The van der Waals surface area contributed by atoms with Crippen LogP contribution in [0.1, 0.15) is 10.4 Å². The van der Waals surface area contributed by atoms with Gasteiger partial charge < -0.3 is 9.80 Å². The Balaban J connectivity index is 1.26. The van der Waals surface area contributed by atoms with Gasteiger partial charge in [-0.05, 0) is 46.5 Å². The first-order chi connectivity index (χ1) is 16.3. The highest BCUT2D eigenvalue weighted by Gasteiger charge is 2.25. The minimum absolute atomic E-state index is 0.0897. The molecule has 2 aromatic heterocycles. The monoisotopic (exact) mass is 450 g/mol. The molecule has 3 heterocycles. The van der Waals surface area contributed by atoms with Crippen molar-refractivity contribution < 1.29 is 4.79 Å². The van der Waals surface area contributed by atoms with Crippen LogP contribution in [0.4, 0.5) is 5.82 Å². The number of carbonyl (C=O) groups is 1. The molecule has 0 aliphatic carbocycles. The first-order valence-electron chi connectivity index (χ1n) is 11.1. The quantitative estimate of drug-likeness (QED) is 0.366. The molecule has 1 fully saturated rings. The molecule has 6 heteroatoms. The summed E-state index contributed by atoms with van der Waals surface area (Å²) < 4.78 is 0. The minimum Gasteiger partial charge on any atom is -0.352 e. The summed E-state index contributed by atoms with van der Waals surface area (Å²) in [7, 11) is 0. The van der Waals surface area contributed by atoms with Gasteiger partial charge >= 0.3 is 0 Å². The van der Waals surface area contributed by atoms with Crippen molar-refractivity contribution in [1.29, 1.82) is 0 Å². The highest BCUT2D eigenvalue weighted by atomic mass is 32.1. The van der Waals surface area contributed by atoms with Gasteiger partial charge in [0.25, 0.3) is 5.91 Å². The van der Waals surface area contributed by atoms with Gasteiger partial charge in [-0.25, -0.2) is 9.97 Å². The molecule has 3 aromatic carbocycles. The van der Waals surface area contributed by atoms with Gasteiger partial charge in [-0.2, -0.15) is 11.3 Å². The predicted molar refractivity (Wildman–Crippen MR) is 135 cm³/mol. The second-order valence-corrected chi connectivity index (χ2v) is 9.02. The summed E-state index contributed by atoms with van der Waals surface area (Å²) >= 11 is 1.65. The highest BCUT2D eigenvalue weighted by Crippen LogP contribution is 2.29. The first kappa shape index (κ1) is 19.9. The number of anilines is 1. The number of fused-ring (bicyclic) bond motifs is 2. The molecule has 6 rings (SSSR count). The Morgan fingerprint density at radius 1 is 0.818 bits per heavy atom. The maximum atomic E-state index is 13.2. The summed E-state index contributed by atoms with van der Waals surface area (Å²) in [5, 5.41) is 7.41. The van der Waals surface area contributed by atoms with Crippen LogP contribution in [0, 0.1) is 0 Å². The molecule has 0 saturated carbocycles. The Labute approximate surface area is 195 Å². The number of nitrogens with zero attached hydrogens (tertiary/aromatic N) is 4. The average molecular weight is 451 g/mol. The Morgan fingerprint density at radius 3 is 2.42 bits per heavy atom.